The van der Waals surface area contributed by atoms with Crippen LogP contribution in [0.2, 0.25) is 0 Å². The van der Waals surface area contributed by atoms with Gasteiger partial charge in [-0.2, -0.15) is 0 Å². The molecule has 0 aliphatic heterocycles. The molecule has 0 saturated heterocycles. The van der Waals surface area contributed by atoms with Crippen LogP contribution in [0.1, 0.15) is 0 Å². The first-order valence-electron chi connectivity index (χ1n) is 1.28. The van der Waals surface area contributed by atoms with E-state index in [9.17, 15) is 0 Å². The third kappa shape index (κ3) is 148000. The maximum Gasteiger partial charge on any atom is 2.00 e. The van der Waals surface area contributed by atoms with Gasteiger partial charge in [-0.1, -0.05) is 0 Å². The van der Waals surface area contributed by atoms with Crippen molar-refractivity contribution in [3.8, 4) is 0 Å². The number of rotatable bonds is 0. The van der Waals surface area contributed by atoms with E-state index in [-0.39, 0.29) is 120 Å². The maximum absolute atomic E-state index is 7.25. The number of quaternary nitrogens is 1. The van der Waals surface area contributed by atoms with Gasteiger partial charge in [-0.05, 0) is 0 Å². The fourth-order valence-electron chi connectivity index (χ4n) is 0. The van der Waals surface area contributed by atoms with Crippen LogP contribution in [0.5, 0.6) is 0 Å². The van der Waals surface area contributed by atoms with Crippen molar-refractivity contribution in [1.82, 2.24) is 45.3 Å². The molecule has 0 aromatic carbocycles. The van der Waals surface area contributed by atoms with Gasteiger partial charge in [0.05, 0.1) is 0 Å². The van der Waals surface area contributed by atoms with Crippen LogP contribution in [0.4, 0.5) is 0 Å². The van der Waals surface area contributed by atoms with Crippen molar-refractivity contribution in [2.45, 2.75) is 0 Å². The minimum atomic E-state index is 0. The molecule has 0 amide bonds. The number of nitroso groups, excluding NO2 is 7. The van der Waals surface area contributed by atoms with Crippen molar-refractivity contribution in [2.75, 3.05) is 0 Å². The molecule has 0 heterocycles. The van der Waals surface area contributed by atoms with Crippen LogP contribution >= 0.6 is 0 Å². The Morgan fingerprint density at radius 3 is 0.348 bits per heavy atom. The van der Waals surface area contributed by atoms with Gasteiger partial charge in [0.15, 0.2) is 0 Å². The van der Waals surface area contributed by atoms with Gasteiger partial charge in [-0.25, -0.2) is 0 Å². The molecule has 23 heavy (non-hydrogen) atoms. The molecule has 0 spiro atoms. The van der Waals surface area contributed by atoms with Crippen molar-refractivity contribution < 1.29 is 73.8 Å². The van der Waals surface area contributed by atoms with E-state index < -0.39 is 0 Å². The summed E-state index contributed by atoms with van der Waals surface area (Å²) in [4.78, 5) is 50.8. The van der Waals surface area contributed by atoms with Crippen LogP contribution < -0.4 is 45.3 Å². The van der Waals surface area contributed by atoms with Gasteiger partial charge in [0.25, 0.3) is 0 Å². The quantitative estimate of drug-likeness (QED) is 0.287. The largest absolute Gasteiger partial charge is 2.00 e. The summed E-state index contributed by atoms with van der Waals surface area (Å²) < 4.78 is 0. The fourth-order valence-corrected chi connectivity index (χ4v) is 0. The first kappa shape index (κ1) is 219. The van der Waals surface area contributed by atoms with E-state index in [2.05, 4.69) is 0 Å². The van der Waals surface area contributed by atoms with E-state index in [0.29, 0.717) is 0 Å². The zero-order valence-corrected chi connectivity index (χ0v) is 17.0. The zero-order chi connectivity index (χ0) is 14.0. The van der Waals surface area contributed by atoms with E-state index in [1.165, 1.54) is 0 Å². The minimum Gasteiger partial charge on any atom is -2.00 e. The molecule has 0 atom stereocenters. The average molecular weight is 566 g/mol. The van der Waals surface area contributed by atoms with Gasteiger partial charge in [0.1, 0.15) is 39.2 Å². The summed E-state index contributed by atoms with van der Waals surface area (Å²) >= 11 is 0. The van der Waals surface area contributed by atoms with Gasteiger partial charge < -0.3 is 52.1 Å². The summed E-state index contributed by atoms with van der Waals surface area (Å²) in [5.41, 5.74) is 40.2. The SMILES string of the molecule is O.[Fe+2].[Fe].[Fe].[Fe].[NH4+].[N]=O.[N]=O.[N]=O.[N]=O.[N]=O.[N]=O.[N]=O.[S-2].[S-2].[S-2]. The Kier molecular flexibility index (Phi) is 1560000. The van der Waals surface area contributed by atoms with Crippen LogP contribution in [0.25, 0.3) is 0 Å². The molecule has 0 rings (SSSR count). The molecule has 6 N–H and O–H groups in total. The molecule has 0 fully saturated rings. The third-order valence-corrected chi connectivity index (χ3v) is 0. The average Bonchev–Trinajstić information content (AvgIpc) is 2.45. The summed E-state index contributed by atoms with van der Waals surface area (Å²) in [6.45, 7) is 0. The van der Waals surface area contributed by atoms with Crippen LogP contribution in [0.3, 0.4) is 0 Å². The standard InChI is InChI=1S/4Fe.7NO.H3N.H2O.3S/c;;;;7*1-2;;;;;/h;;;;;;;;;;;1H3;1H2;;;/q;;;+2;;;;;;;;;;3*-2/p+1. The molecular formula is H6Fe4N8O8S3-3. The van der Waals surface area contributed by atoms with Gasteiger partial charge in [-0.15, -0.1) is 34.3 Å². The van der Waals surface area contributed by atoms with Crippen molar-refractivity contribution in [3.05, 3.63) is 34.3 Å². The minimum absolute atomic E-state index is 0. The van der Waals surface area contributed by atoms with Crippen molar-refractivity contribution in [3.63, 3.8) is 0 Å². The molecule has 16 nitrogen and oxygen atoms in total. The van der Waals surface area contributed by atoms with E-state index in [1.807, 2.05) is 0 Å². The second kappa shape index (κ2) is 163000. The molecule has 23 heteroatoms. The Bertz CT molecular complexity index is 62.9. The normalized spacial score (nSPS) is 1.22. The molecular weight excluding hydrogens is 560 g/mol. The molecule has 0 aromatic rings. The molecule has 0 saturated carbocycles. The molecule has 0 bridgehead atoms. The topological polar surface area (TPSA) is 344 Å². The molecule has 0 unspecified atom stereocenters. The summed E-state index contributed by atoms with van der Waals surface area (Å²) in [7, 11) is 0. The zero-order valence-electron chi connectivity index (χ0n) is 10.1. The fraction of sp³-hybridized carbons (Fsp3) is 0. The first-order valence-corrected chi connectivity index (χ1v) is 1.28. The summed E-state index contributed by atoms with van der Waals surface area (Å²) in [6, 6.07) is 0. The Morgan fingerprint density at radius 1 is 0.348 bits per heavy atom. The number of nitrogens with zero attached hydrogens (tertiary/aromatic N) is 7. The van der Waals surface area contributed by atoms with Crippen LogP contribution in [-0.4, -0.2) is 5.48 Å². The summed E-state index contributed by atoms with van der Waals surface area (Å²) in [6.07, 6.45) is 0. The maximum atomic E-state index is 7.25. The number of hydrogen-bond donors (Lipinski definition) is 1. The number of hydrogen-bond acceptors (Lipinski definition) is 7. The van der Waals surface area contributed by atoms with Gasteiger partial charge in [0, 0.05) is 51.2 Å². The second-order valence-corrected chi connectivity index (χ2v) is 0. The molecule has 7 radical (unpaired) electrons. The van der Waals surface area contributed by atoms with E-state index >= 15 is 0 Å². The van der Waals surface area contributed by atoms with Gasteiger partial charge in [0.2, 0.25) is 0 Å². The molecule has 0 aliphatic carbocycles. The Labute approximate surface area is 192 Å². The second-order valence-electron chi connectivity index (χ2n) is 0. The summed E-state index contributed by atoms with van der Waals surface area (Å²) in [5, 5.41) is 0. The van der Waals surface area contributed by atoms with E-state index in [1.54, 1.807) is 0 Å². The Hall–Kier alpha value is 0.248. The van der Waals surface area contributed by atoms with E-state index in [0.717, 1.165) is 0 Å². The van der Waals surface area contributed by atoms with Crippen LogP contribution in [0, 0.1) is 34.3 Å². The first-order chi connectivity index (χ1) is 7.00. The van der Waals surface area contributed by atoms with E-state index in [4.69, 9.17) is 73.5 Å². The molecule has 0 aromatic heterocycles. The smallest absolute Gasteiger partial charge is 2.00 e. The predicted molar refractivity (Wildman–Crippen MR) is 70.2 cm³/mol. The monoisotopic (exact) mass is 566 g/mol. The summed E-state index contributed by atoms with van der Waals surface area (Å²) in [5.74, 6) is 0. The van der Waals surface area contributed by atoms with Crippen LogP contribution in [-0.2, 0) is 109 Å². The van der Waals surface area contributed by atoms with Crippen molar-refractivity contribution in [2.24, 2.45) is 0 Å². The van der Waals surface area contributed by atoms with Crippen molar-refractivity contribution >= 4 is 40.5 Å². The Morgan fingerprint density at radius 2 is 0.348 bits per heavy atom. The third-order valence-electron chi connectivity index (χ3n) is 0. The van der Waals surface area contributed by atoms with Gasteiger partial charge >= 0.3 is 17.1 Å². The molecule has 147 valence electrons. The van der Waals surface area contributed by atoms with Crippen molar-refractivity contribution in [1.29, 1.82) is 0 Å². The predicted octanol–water partition coefficient (Wildman–Crippen LogP) is -3.60. The molecule has 0 aliphatic rings. The van der Waals surface area contributed by atoms with Gasteiger partial charge in [-0.3, -0.25) is 0 Å². The van der Waals surface area contributed by atoms with Crippen LogP contribution in [0.15, 0.2) is 0 Å². The Balaban J connectivity index is -0.00000000167.